The minimum Gasteiger partial charge on any atom is -0.399 e. The monoisotopic (exact) mass is 197 g/mol. The molecule has 3 fully saturated rings. The van der Waals surface area contributed by atoms with Crippen molar-refractivity contribution in [1.82, 2.24) is 0 Å². The van der Waals surface area contributed by atoms with Gasteiger partial charge in [-0.3, -0.25) is 0 Å². The number of oxime groups is 1. The van der Waals surface area contributed by atoms with Gasteiger partial charge in [0.1, 0.15) is 7.11 Å². The topological polar surface area (TPSA) is 41.8 Å². The van der Waals surface area contributed by atoms with Gasteiger partial charge in [0.15, 0.2) is 0 Å². The molecule has 3 nitrogen and oxygen atoms in total. The molecule has 3 aliphatic carbocycles. The van der Waals surface area contributed by atoms with Gasteiger partial charge in [0.25, 0.3) is 0 Å². The summed E-state index contributed by atoms with van der Waals surface area (Å²) in [6.45, 7) is 4.81. The summed E-state index contributed by atoms with van der Waals surface area (Å²) >= 11 is 0. The Hall–Kier alpha value is -0.570. The molecule has 0 aromatic rings. The molecule has 0 unspecified atom stereocenters. The van der Waals surface area contributed by atoms with E-state index in [2.05, 4.69) is 19.0 Å². The second-order valence-corrected chi connectivity index (χ2v) is 5.12. The van der Waals surface area contributed by atoms with Crippen LogP contribution < -0.4 is 0 Å². The van der Waals surface area contributed by atoms with Gasteiger partial charge in [-0.1, -0.05) is 19.0 Å². The first kappa shape index (κ1) is 9.97. The molecule has 14 heavy (non-hydrogen) atoms. The number of hydrogen-bond donors (Lipinski definition) is 1. The summed E-state index contributed by atoms with van der Waals surface area (Å²) in [7, 11) is 1.58. The third kappa shape index (κ3) is 1.18. The molecule has 3 rings (SSSR count). The van der Waals surface area contributed by atoms with Gasteiger partial charge >= 0.3 is 0 Å². The van der Waals surface area contributed by atoms with Gasteiger partial charge in [0.05, 0.1) is 12.3 Å². The molecule has 3 heteroatoms. The maximum absolute atomic E-state index is 9.26. The first-order valence-corrected chi connectivity index (χ1v) is 5.33. The fraction of sp³-hybridized carbons (Fsp3) is 0.909. The highest BCUT2D eigenvalue weighted by Gasteiger charge is 2.56. The van der Waals surface area contributed by atoms with E-state index in [1.807, 2.05) is 0 Å². The van der Waals surface area contributed by atoms with Crippen LogP contribution in [0.3, 0.4) is 0 Å². The third-order valence-electron chi connectivity index (χ3n) is 4.23. The van der Waals surface area contributed by atoms with Crippen LogP contribution in [0.25, 0.3) is 0 Å². The lowest BCUT2D eigenvalue weighted by atomic mass is 9.46. The minimum atomic E-state index is 0.214. The first-order chi connectivity index (χ1) is 6.61. The number of aliphatic hydroxyl groups excluding tert-OH is 1. The Morgan fingerprint density at radius 2 is 2.21 bits per heavy atom. The standard InChI is InChI=1S/C11H19NO2/c1-11(2)8-4-7(6-13)10(12-14-3)9(11)5-8/h7-9,13H,4-6H2,1-3H3/t7-,8+,9+/m1/s1. The summed E-state index contributed by atoms with van der Waals surface area (Å²) in [4.78, 5) is 4.88. The van der Waals surface area contributed by atoms with Crippen LogP contribution in [-0.4, -0.2) is 24.5 Å². The Morgan fingerprint density at radius 1 is 1.50 bits per heavy atom. The normalized spacial score (nSPS) is 42.0. The molecule has 80 valence electrons. The van der Waals surface area contributed by atoms with Crippen LogP contribution in [0.1, 0.15) is 26.7 Å². The van der Waals surface area contributed by atoms with Crippen LogP contribution >= 0.6 is 0 Å². The lowest BCUT2D eigenvalue weighted by molar-refractivity contribution is -0.0244. The maximum Gasteiger partial charge on any atom is 0.106 e. The second-order valence-electron chi connectivity index (χ2n) is 5.12. The zero-order chi connectivity index (χ0) is 10.3. The largest absolute Gasteiger partial charge is 0.399 e. The Bertz CT molecular complexity index is 260. The molecule has 0 aromatic carbocycles. The van der Waals surface area contributed by atoms with E-state index >= 15 is 0 Å². The smallest absolute Gasteiger partial charge is 0.106 e. The van der Waals surface area contributed by atoms with Crippen molar-refractivity contribution in [1.29, 1.82) is 0 Å². The van der Waals surface area contributed by atoms with E-state index < -0.39 is 0 Å². The van der Waals surface area contributed by atoms with Gasteiger partial charge in [0, 0.05) is 11.8 Å². The van der Waals surface area contributed by atoms with E-state index in [-0.39, 0.29) is 12.5 Å². The highest BCUT2D eigenvalue weighted by atomic mass is 16.6. The number of aliphatic hydroxyl groups is 1. The van der Waals surface area contributed by atoms with Crippen molar-refractivity contribution in [2.24, 2.45) is 28.3 Å². The van der Waals surface area contributed by atoms with Crippen molar-refractivity contribution in [3.8, 4) is 0 Å². The average Bonchev–Trinajstić information content (AvgIpc) is 2.18. The Balaban J connectivity index is 2.22. The fourth-order valence-corrected chi connectivity index (χ4v) is 3.08. The van der Waals surface area contributed by atoms with Crippen molar-refractivity contribution in [3.63, 3.8) is 0 Å². The molecule has 0 heterocycles. The lowest BCUT2D eigenvalue weighted by Gasteiger charge is -2.58. The van der Waals surface area contributed by atoms with E-state index in [9.17, 15) is 5.11 Å². The van der Waals surface area contributed by atoms with Crippen LogP contribution in [0.5, 0.6) is 0 Å². The molecule has 3 saturated carbocycles. The van der Waals surface area contributed by atoms with E-state index in [4.69, 9.17) is 4.84 Å². The van der Waals surface area contributed by atoms with Crippen LogP contribution in [-0.2, 0) is 4.84 Å². The van der Waals surface area contributed by atoms with Crippen molar-refractivity contribution in [2.45, 2.75) is 26.7 Å². The van der Waals surface area contributed by atoms with Crippen LogP contribution in [0.15, 0.2) is 5.16 Å². The molecule has 3 aliphatic rings. The number of nitrogens with zero attached hydrogens (tertiary/aromatic N) is 1. The minimum absolute atomic E-state index is 0.214. The van der Waals surface area contributed by atoms with E-state index in [1.54, 1.807) is 7.11 Å². The third-order valence-corrected chi connectivity index (χ3v) is 4.23. The first-order valence-electron chi connectivity index (χ1n) is 5.33. The number of rotatable bonds is 2. The Kier molecular flexibility index (Phi) is 2.30. The number of fused-ring (bicyclic) bond motifs is 2. The fourth-order valence-electron chi connectivity index (χ4n) is 3.08. The average molecular weight is 197 g/mol. The molecule has 0 aliphatic heterocycles. The molecular formula is C11H19NO2. The maximum atomic E-state index is 9.26. The predicted octanol–water partition coefficient (Wildman–Crippen LogP) is 1.66. The summed E-state index contributed by atoms with van der Waals surface area (Å²) in [5.74, 6) is 1.53. The van der Waals surface area contributed by atoms with Crippen molar-refractivity contribution in [2.75, 3.05) is 13.7 Å². The van der Waals surface area contributed by atoms with E-state index in [0.29, 0.717) is 11.3 Å². The number of hydrogen-bond acceptors (Lipinski definition) is 3. The van der Waals surface area contributed by atoms with Gasteiger partial charge < -0.3 is 9.94 Å². The molecular weight excluding hydrogens is 178 g/mol. The summed E-state index contributed by atoms with van der Waals surface area (Å²) in [5, 5.41) is 13.4. The van der Waals surface area contributed by atoms with Gasteiger partial charge in [-0.05, 0) is 24.2 Å². The zero-order valence-electron chi connectivity index (χ0n) is 9.16. The summed E-state index contributed by atoms with van der Waals surface area (Å²) in [6, 6.07) is 0. The highest BCUT2D eigenvalue weighted by Crippen LogP contribution is 2.59. The lowest BCUT2D eigenvalue weighted by Crippen LogP contribution is -2.56. The quantitative estimate of drug-likeness (QED) is 0.684. The molecule has 2 bridgehead atoms. The summed E-state index contributed by atoms with van der Waals surface area (Å²) in [6.07, 6.45) is 2.30. The Labute approximate surface area is 85.1 Å². The van der Waals surface area contributed by atoms with Crippen LogP contribution in [0.4, 0.5) is 0 Å². The van der Waals surface area contributed by atoms with E-state index in [0.717, 1.165) is 18.1 Å². The van der Waals surface area contributed by atoms with Gasteiger partial charge in [-0.15, -0.1) is 0 Å². The summed E-state index contributed by atoms with van der Waals surface area (Å²) < 4.78 is 0. The van der Waals surface area contributed by atoms with Crippen molar-refractivity contribution < 1.29 is 9.94 Å². The van der Waals surface area contributed by atoms with Gasteiger partial charge in [0.2, 0.25) is 0 Å². The SMILES string of the molecule is CON=C1[C@@H](CO)C[C@H]2C[C@@H]1C2(C)C. The highest BCUT2D eigenvalue weighted by molar-refractivity contribution is 5.91. The van der Waals surface area contributed by atoms with Gasteiger partial charge in [-0.25, -0.2) is 0 Å². The molecule has 0 amide bonds. The molecule has 0 saturated heterocycles. The Morgan fingerprint density at radius 3 is 2.71 bits per heavy atom. The summed E-state index contributed by atoms with van der Waals surface area (Å²) in [5.41, 5.74) is 1.45. The molecule has 0 radical (unpaired) electrons. The van der Waals surface area contributed by atoms with Gasteiger partial charge in [-0.2, -0.15) is 0 Å². The van der Waals surface area contributed by atoms with Crippen LogP contribution in [0, 0.1) is 23.2 Å². The van der Waals surface area contributed by atoms with Crippen molar-refractivity contribution >= 4 is 5.71 Å². The molecule has 1 N–H and O–H groups in total. The van der Waals surface area contributed by atoms with Crippen LogP contribution in [0.2, 0.25) is 0 Å². The van der Waals surface area contributed by atoms with Crippen molar-refractivity contribution in [3.05, 3.63) is 0 Å². The van der Waals surface area contributed by atoms with E-state index in [1.165, 1.54) is 6.42 Å². The predicted molar refractivity (Wildman–Crippen MR) is 55.0 cm³/mol. The molecule has 0 aromatic heterocycles. The second kappa shape index (κ2) is 3.23. The molecule has 3 atom stereocenters. The zero-order valence-corrected chi connectivity index (χ0v) is 9.16. The molecule has 0 spiro atoms.